The molecule has 4 aliphatic carbocycles. The molecule has 0 heterocycles. The van der Waals surface area contributed by atoms with Crippen LogP contribution in [0.3, 0.4) is 0 Å². The van der Waals surface area contributed by atoms with Gasteiger partial charge in [0, 0.05) is 23.3 Å². The zero-order valence-corrected chi connectivity index (χ0v) is 12.7. The largest absolute Gasteiger partial charge is 0.299 e. The molecule has 3 fully saturated rings. The summed E-state index contributed by atoms with van der Waals surface area (Å²) >= 11 is 0. The lowest BCUT2D eigenvalue weighted by Gasteiger charge is -2.53. The van der Waals surface area contributed by atoms with Crippen molar-refractivity contribution in [1.82, 2.24) is 0 Å². The van der Waals surface area contributed by atoms with Crippen molar-refractivity contribution >= 4 is 11.6 Å². The Morgan fingerprint density at radius 1 is 1.14 bits per heavy atom. The van der Waals surface area contributed by atoms with Gasteiger partial charge in [0.25, 0.3) is 0 Å². The van der Waals surface area contributed by atoms with Gasteiger partial charge in [-0.3, -0.25) is 9.59 Å². The molecule has 3 saturated carbocycles. The molecule has 0 N–H and O–H groups in total. The molecular formula is C18H20F2O2. The van der Waals surface area contributed by atoms with Gasteiger partial charge in [-0.25, -0.2) is 8.78 Å². The lowest BCUT2D eigenvalue weighted by Crippen LogP contribution is -2.52. The number of hydrogen-bond acceptors (Lipinski definition) is 2. The average Bonchev–Trinajstić information content (AvgIpc) is 2.79. The van der Waals surface area contributed by atoms with E-state index in [1.807, 2.05) is 6.92 Å². The number of rotatable bonds is 0. The maximum Gasteiger partial charge on any atom is 0.214 e. The number of alkyl halides is 1. The molecular weight excluding hydrogens is 286 g/mol. The van der Waals surface area contributed by atoms with Crippen molar-refractivity contribution in [3.8, 4) is 0 Å². The van der Waals surface area contributed by atoms with Crippen molar-refractivity contribution in [2.45, 2.75) is 51.1 Å². The topological polar surface area (TPSA) is 34.1 Å². The smallest absolute Gasteiger partial charge is 0.214 e. The standard InChI is InChI=1S/C18H20F2O2/c1-17-8-6-12-10(11(17)4-5-15(17)22)2-3-13-16(19)14(21)7-9-18(12,13)20/h7,9-12H,2-6,8H2,1H3/t10-,11-,12-,17-,18?/m0/s1. The molecule has 0 bridgehead atoms. The maximum atomic E-state index is 15.6. The van der Waals surface area contributed by atoms with E-state index in [0.29, 0.717) is 37.9 Å². The highest BCUT2D eigenvalue weighted by Crippen LogP contribution is 2.62. The first kappa shape index (κ1) is 14.3. The van der Waals surface area contributed by atoms with E-state index in [9.17, 15) is 14.0 Å². The van der Waals surface area contributed by atoms with Crippen LogP contribution in [0.1, 0.15) is 45.4 Å². The van der Waals surface area contributed by atoms with Crippen molar-refractivity contribution in [1.29, 1.82) is 0 Å². The zero-order valence-electron chi connectivity index (χ0n) is 12.7. The Bertz CT molecular complexity index is 635. The monoisotopic (exact) mass is 306 g/mol. The number of halogens is 2. The normalized spacial score (nSPS) is 47.3. The minimum absolute atomic E-state index is 0.0502. The Kier molecular flexibility index (Phi) is 2.83. The SMILES string of the molecule is C[C@]12CC[C@H]3[C@@H](CCC4=C(F)C(=O)C=CC43F)[C@@H]1CCC2=O. The van der Waals surface area contributed by atoms with Crippen LogP contribution < -0.4 is 0 Å². The van der Waals surface area contributed by atoms with Crippen LogP contribution in [0.25, 0.3) is 0 Å². The summed E-state index contributed by atoms with van der Waals surface area (Å²) in [6, 6.07) is 0. The Labute approximate surface area is 128 Å². The van der Waals surface area contributed by atoms with Crippen LogP contribution in [-0.2, 0) is 9.59 Å². The molecule has 0 amide bonds. The molecule has 0 aromatic heterocycles. The summed E-state index contributed by atoms with van der Waals surface area (Å²) in [4.78, 5) is 23.7. The van der Waals surface area contributed by atoms with Crippen LogP contribution in [0.5, 0.6) is 0 Å². The van der Waals surface area contributed by atoms with E-state index in [1.165, 1.54) is 6.08 Å². The number of hydrogen-bond donors (Lipinski definition) is 0. The van der Waals surface area contributed by atoms with E-state index >= 15 is 4.39 Å². The number of fused-ring (bicyclic) bond motifs is 5. The summed E-state index contributed by atoms with van der Waals surface area (Å²) < 4.78 is 29.7. The summed E-state index contributed by atoms with van der Waals surface area (Å²) in [6.45, 7) is 2.03. The molecule has 0 saturated heterocycles. The highest BCUT2D eigenvalue weighted by Gasteiger charge is 2.60. The Morgan fingerprint density at radius 2 is 1.91 bits per heavy atom. The molecule has 0 spiro atoms. The first-order chi connectivity index (χ1) is 10.4. The van der Waals surface area contributed by atoms with E-state index in [-0.39, 0.29) is 28.7 Å². The van der Waals surface area contributed by atoms with Gasteiger partial charge in [0.05, 0.1) is 0 Å². The second-order valence-electron chi connectivity index (χ2n) is 7.59. The van der Waals surface area contributed by atoms with E-state index in [2.05, 4.69) is 0 Å². The van der Waals surface area contributed by atoms with Gasteiger partial charge in [-0.1, -0.05) is 6.92 Å². The van der Waals surface area contributed by atoms with Crippen molar-refractivity contribution in [3.63, 3.8) is 0 Å². The summed E-state index contributed by atoms with van der Waals surface area (Å²) in [5.74, 6) is -1.26. The molecule has 118 valence electrons. The summed E-state index contributed by atoms with van der Waals surface area (Å²) in [5.41, 5.74) is -2.09. The number of carbonyl (C=O) groups is 2. The van der Waals surface area contributed by atoms with Crippen molar-refractivity contribution in [3.05, 3.63) is 23.6 Å². The fourth-order valence-corrected chi connectivity index (χ4v) is 5.63. The molecule has 0 aliphatic heterocycles. The van der Waals surface area contributed by atoms with Gasteiger partial charge in [0.1, 0.15) is 5.78 Å². The number of ketones is 2. The Morgan fingerprint density at radius 3 is 2.68 bits per heavy atom. The van der Waals surface area contributed by atoms with Crippen LogP contribution >= 0.6 is 0 Å². The maximum absolute atomic E-state index is 15.6. The highest BCUT2D eigenvalue weighted by molar-refractivity contribution is 6.04. The minimum atomic E-state index is -1.83. The van der Waals surface area contributed by atoms with Crippen LogP contribution in [0.2, 0.25) is 0 Å². The molecule has 0 aromatic rings. The molecule has 22 heavy (non-hydrogen) atoms. The molecule has 4 aliphatic rings. The quantitative estimate of drug-likeness (QED) is 0.681. The third-order valence-electron chi connectivity index (χ3n) is 6.83. The molecule has 0 aromatic carbocycles. The fourth-order valence-electron chi connectivity index (χ4n) is 5.63. The number of allylic oxidation sites excluding steroid dienone is 4. The average molecular weight is 306 g/mol. The molecule has 2 nitrogen and oxygen atoms in total. The van der Waals surface area contributed by atoms with Gasteiger partial charge in [-0.05, 0) is 56.1 Å². The van der Waals surface area contributed by atoms with Crippen molar-refractivity contribution < 1.29 is 18.4 Å². The van der Waals surface area contributed by atoms with Gasteiger partial charge in [-0.2, -0.15) is 0 Å². The van der Waals surface area contributed by atoms with Crippen LogP contribution in [-0.4, -0.2) is 17.2 Å². The Balaban J connectivity index is 1.75. The van der Waals surface area contributed by atoms with Gasteiger partial charge >= 0.3 is 0 Å². The summed E-state index contributed by atoms with van der Waals surface area (Å²) in [7, 11) is 0. The lowest BCUT2D eigenvalue weighted by molar-refractivity contribution is -0.132. The highest BCUT2D eigenvalue weighted by atomic mass is 19.1. The van der Waals surface area contributed by atoms with Gasteiger partial charge in [0.2, 0.25) is 5.78 Å². The Hall–Kier alpha value is -1.32. The third kappa shape index (κ3) is 1.59. The van der Waals surface area contributed by atoms with E-state index < -0.39 is 17.3 Å². The third-order valence-corrected chi connectivity index (χ3v) is 6.83. The number of Topliss-reactive ketones (excluding diaryl/α,β-unsaturated/α-hetero) is 1. The van der Waals surface area contributed by atoms with Crippen LogP contribution in [0, 0.1) is 23.2 Å². The molecule has 4 heteroatoms. The predicted molar refractivity (Wildman–Crippen MR) is 77.4 cm³/mol. The summed E-state index contributed by atoms with van der Waals surface area (Å²) in [5, 5.41) is 0. The van der Waals surface area contributed by atoms with Crippen molar-refractivity contribution in [2.75, 3.05) is 0 Å². The first-order valence-corrected chi connectivity index (χ1v) is 8.23. The van der Waals surface area contributed by atoms with Gasteiger partial charge < -0.3 is 0 Å². The zero-order chi connectivity index (χ0) is 15.7. The van der Waals surface area contributed by atoms with E-state index in [0.717, 1.165) is 12.5 Å². The molecule has 0 radical (unpaired) electrons. The fraction of sp³-hybridized carbons (Fsp3) is 0.667. The van der Waals surface area contributed by atoms with Gasteiger partial charge in [0.15, 0.2) is 11.5 Å². The lowest BCUT2D eigenvalue weighted by atomic mass is 9.52. The van der Waals surface area contributed by atoms with Gasteiger partial charge in [-0.15, -0.1) is 0 Å². The van der Waals surface area contributed by atoms with E-state index in [4.69, 9.17) is 0 Å². The molecule has 1 unspecified atom stereocenters. The predicted octanol–water partition coefficient (Wildman–Crippen LogP) is 3.86. The van der Waals surface area contributed by atoms with Crippen LogP contribution in [0.4, 0.5) is 8.78 Å². The minimum Gasteiger partial charge on any atom is -0.299 e. The van der Waals surface area contributed by atoms with Crippen molar-refractivity contribution in [2.24, 2.45) is 23.2 Å². The molecule has 5 atom stereocenters. The van der Waals surface area contributed by atoms with E-state index in [1.54, 1.807) is 0 Å². The number of carbonyl (C=O) groups excluding carboxylic acids is 2. The summed E-state index contributed by atoms with van der Waals surface area (Å²) in [6.07, 6.45) is 6.01. The second-order valence-corrected chi connectivity index (χ2v) is 7.59. The van der Waals surface area contributed by atoms with Crippen LogP contribution in [0.15, 0.2) is 23.6 Å². The molecule has 4 rings (SSSR count). The first-order valence-electron chi connectivity index (χ1n) is 8.23. The second kappa shape index (κ2) is 4.36.